The summed E-state index contributed by atoms with van der Waals surface area (Å²) in [6.45, 7) is 0. The molecule has 0 aliphatic carbocycles. The maximum Gasteiger partial charge on any atom is 0.225 e. The minimum atomic E-state index is 0.480. The van der Waals surface area contributed by atoms with E-state index in [4.69, 9.17) is 0 Å². The van der Waals surface area contributed by atoms with Crippen LogP contribution in [0.2, 0.25) is 0 Å². The Morgan fingerprint density at radius 3 is 2.60 bits per heavy atom. The zero-order chi connectivity index (χ0) is 10.1. The summed E-state index contributed by atoms with van der Waals surface area (Å²) in [4.78, 5) is 1.35. The zero-order valence-electron chi connectivity index (χ0n) is 7.36. The fraction of sp³-hybridized carbons (Fsp3) is 0. The molecule has 0 amide bonds. The van der Waals surface area contributed by atoms with Crippen LogP contribution < -0.4 is 0 Å². The van der Waals surface area contributed by atoms with E-state index in [9.17, 15) is 0 Å². The molecule has 0 saturated heterocycles. The second-order valence-electron chi connectivity index (χ2n) is 2.67. The maximum absolute atomic E-state index is 3.96. The van der Waals surface area contributed by atoms with Crippen molar-refractivity contribution in [1.82, 2.24) is 45.8 Å². The quantitative estimate of drug-likeness (QED) is 0.561. The lowest BCUT2D eigenvalue weighted by Gasteiger charge is -1.93. The van der Waals surface area contributed by atoms with Gasteiger partial charge in [0.2, 0.25) is 5.82 Å². The van der Waals surface area contributed by atoms with Crippen LogP contribution in [0.25, 0.3) is 17.2 Å². The van der Waals surface area contributed by atoms with Crippen LogP contribution in [0.3, 0.4) is 0 Å². The highest BCUT2D eigenvalue weighted by molar-refractivity contribution is 5.60. The Morgan fingerprint density at radius 2 is 1.87 bits per heavy atom. The molecule has 3 aromatic rings. The van der Waals surface area contributed by atoms with Gasteiger partial charge < -0.3 is 0 Å². The average molecular weight is 203 g/mol. The van der Waals surface area contributed by atoms with Gasteiger partial charge in [0.1, 0.15) is 5.69 Å². The van der Waals surface area contributed by atoms with Crippen LogP contribution in [-0.2, 0) is 0 Å². The van der Waals surface area contributed by atoms with Gasteiger partial charge in [-0.2, -0.15) is 35.9 Å². The molecule has 0 unspecified atom stereocenters. The second-order valence-corrected chi connectivity index (χ2v) is 2.67. The third kappa shape index (κ3) is 1.17. The lowest BCUT2D eigenvalue weighted by atomic mass is 10.3. The van der Waals surface area contributed by atoms with Crippen molar-refractivity contribution >= 4 is 0 Å². The maximum atomic E-state index is 3.96. The zero-order valence-corrected chi connectivity index (χ0v) is 7.36. The predicted molar refractivity (Wildman–Crippen MR) is 46.7 cm³/mol. The van der Waals surface area contributed by atoms with Crippen molar-refractivity contribution in [3.8, 4) is 17.2 Å². The number of H-pyrrole nitrogens is 2. The second kappa shape index (κ2) is 2.97. The summed E-state index contributed by atoms with van der Waals surface area (Å²) >= 11 is 0. The van der Waals surface area contributed by atoms with E-state index in [0.29, 0.717) is 17.2 Å². The van der Waals surface area contributed by atoms with E-state index in [0.717, 1.165) is 0 Å². The summed E-state index contributed by atoms with van der Waals surface area (Å²) in [5, 5.41) is 28.4. The third-order valence-corrected chi connectivity index (χ3v) is 1.80. The summed E-state index contributed by atoms with van der Waals surface area (Å²) in [6.07, 6.45) is 4.66. The van der Waals surface area contributed by atoms with Crippen LogP contribution in [0.15, 0.2) is 18.6 Å². The van der Waals surface area contributed by atoms with Gasteiger partial charge in [-0.15, -0.1) is 9.90 Å². The van der Waals surface area contributed by atoms with Crippen molar-refractivity contribution < 1.29 is 0 Å². The van der Waals surface area contributed by atoms with Crippen molar-refractivity contribution in [2.24, 2.45) is 0 Å². The van der Waals surface area contributed by atoms with Crippen LogP contribution >= 0.6 is 0 Å². The molecule has 3 aromatic heterocycles. The molecule has 9 nitrogen and oxygen atoms in total. The Balaban J connectivity index is 2.15. The molecule has 0 aliphatic heterocycles. The summed E-state index contributed by atoms with van der Waals surface area (Å²) in [5.74, 6) is 0.480. The minimum absolute atomic E-state index is 0.480. The normalized spacial score (nSPS) is 10.7. The number of nitrogens with zero attached hydrogens (tertiary/aromatic N) is 7. The lowest BCUT2D eigenvalue weighted by molar-refractivity contribution is 0.724. The molecular formula is C6H5N9. The largest absolute Gasteiger partial charge is 0.225 e. The molecule has 2 N–H and O–H groups in total. The Labute approximate surface area is 82.5 Å². The van der Waals surface area contributed by atoms with E-state index in [2.05, 4.69) is 41.0 Å². The first-order valence-corrected chi connectivity index (χ1v) is 4.09. The molecule has 3 heterocycles. The van der Waals surface area contributed by atoms with E-state index in [1.807, 2.05) is 0 Å². The van der Waals surface area contributed by atoms with E-state index in [1.165, 1.54) is 4.80 Å². The Kier molecular flexibility index (Phi) is 1.54. The van der Waals surface area contributed by atoms with Crippen molar-refractivity contribution in [2.75, 3.05) is 0 Å². The highest BCUT2D eigenvalue weighted by Crippen LogP contribution is 2.17. The third-order valence-electron chi connectivity index (χ3n) is 1.80. The molecule has 0 aliphatic rings. The first kappa shape index (κ1) is 7.79. The molecule has 15 heavy (non-hydrogen) atoms. The molecule has 0 radical (unpaired) electrons. The molecule has 0 bridgehead atoms. The highest BCUT2D eigenvalue weighted by atomic mass is 15.5. The predicted octanol–water partition coefficient (Wildman–Crippen LogP) is -0.830. The van der Waals surface area contributed by atoms with Gasteiger partial charge in [0.15, 0.2) is 5.69 Å². The fourth-order valence-corrected chi connectivity index (χ4v) is 1.18. The molecule has 9 heteroatoms. The standard InChI is InChI=1S/C6H5N9/c1-2-9-15(8-1)6-5(11-14-12-6)4-3-7-13-10-4/h1-3H,(H,7,10,13)(H,11,12,14). The minimum Gasteiger partial charge on any atom is -0.197 e. The number of hydrogen-bond donors (Lipinski definition) is 2. The van der Waals surface area contributed by atoms with Gasteiger partial charge in [-0.05, 0) is 0 Å². The highest BCUT2D eigenvalue weighted by Gasteiger charge is 2.15. The molecule has 0 saturated carbocycles. The van der Waals surface area contributed by atoms with Gasteiger partial charge in [0, 0.05) is 0 Å². The van der Waals surface area contributed by atoms with Crippen LogP contribution in [0.4, 0.5) is 0 Å². The smallest absolute Gasteiger partial charge is 0.197 e. The number of aromatic nitrogens is 9. The molecular weight excluding hydrogens is 198 g/mol. The van der Waals surface area contributed by atoms with Gasteiger partial charge in [0.05, 0.1) is 18.6 Å². The van der Waals surface area contributed by atoms with Gasteiger partial charge in [-0.1, -0.05) is 0 Å². The fourth-order valence-electron chi connectivity index (χ4n) is 1.18. The van der Waals surface area contributed by atoms with E-state index >= 15 is 0 Å². The Bertz CT molecular complexity index is 484. The van der Waals surface area contributed by atoms with Crippen molar-refractivity contribution in [3.63, 3.8) is 0 Å². The van der Waals surface area contributed by atoms with Crippen LogP contribution in [0, 0.1) is 0 Å². The summed E-state index contributed by atoms with van der Waals surface area (Å²) < 4.78 is 0. The molecule has 0 spiro atoms. The first-order chi connectivity index (χ1) is 7.45. The molecule has 0 fully saturated rings. The topological polar surface area (TPSA) is 114 Å². The average Bonchev–Trinajstić information content (AvgIpc) is 3.01. The van der Waals surface area contributed by atoms with Crippen LogP contribution in [0.5, 0.6) is 0 Å². The molecule has 0 aromatic carbocycles. The molecule has 3 rings (SSSR count). The number of rotatable bonds is 2. The van der Waals surface area contributed by atoms with Crippen molar-refractivity contribution in [1.29, 1.82) is 0 Å². The van der Waals surface area contributed by atoms with Crippen molar-refractivity contribution in [3.05, 3.63) is 18.6 Å². The van der Waals surface area contributed by atoms with Gasteiger partial charge in [-0.25, -0.2) is 0 Å². The van der Waals surface area contributed by atoms with E-state index in [1.54, 1.807) is 18.6 Å². The van der Waals surface area contributed by atoms with E-state index < -0.39 is 0 Å². The SMILES string of the molecule is c1cnn(-c2n[nH]nc2-c2cn[nH]n2)n1. The van der Waals surface area contributed by atoms with Crippen LogP contribution in [0.1, 0.15) is 0 Å². The van der Waals surface area contributed by atoms with Gasteiger partial charge in [0.25, 0.3) is 0 Å². The number of hydrogen-bond acceptors (Lipinski definition) is 6. The monoisotopic (exact) mass is 203 g/mol. The summed E-state index contributed by atoms with van der Waals surface area (Å²) in [6, 6.07) is 0. The Morgan fingerprint density at radius 1 is 1.00 bits per heavy atom. The van der Waals surface area contributed by atoms with Crippen LogP contribution in [-0.4, -0.2) is 45.8 Å². The summed E-state index contributed by atoms with van der Waals surface area (Å²) in [7, 11) is 0. The number of nitrogens with one attached hydrogen (secondary N) is 2. The molecule has 74 valence electrons. The van der Waals surface area contributed by atoms with Crippen molar-refractivity contribution in [2.45, 2.75) is 0 Å². The number of aromatic amines is 2. The summed E-state index contributed by atoms with van der Waals surface area (Å²) in [5.41, 5.74) is 1.12. The van der Waals surface area contributed by atoms with Gasteiger partial charge in [-0.3, -0.25) is 0 Å². The first-order valence-electron chi connectivity index (χ1n) is 4.09. The lowest BCUT2D eigenvalue weighted by Crippen LogP contribution is -2.01. The van der Waals surface area contributed by atoms with E-state index in [-0.39, 0.29) is 0 Å². The Hall–Kier alpha value is -2.58. The van der Waals surface area contributed by atoms with Gasteiger partial charge >= 0.3 is 0 Å². The molecule has 0 atom stereocenters.